The Labute approximate surface area is 509 Å². The minimum atomic E-state index is 0.849. The second-order valence-electron chi connectivity index (χ2n) is 22.7. The van der Waals surface area contributed by atoms with E-state index in [2.05, 4.69) is 337 Å². The molecule has 0 unspecified atom stereocenters. The molecule has 0 spiro atoms. The van der Waals surface area contributed by atoms with E-state index in [1.807, 2.05) is 0 Å². The fourth-order valence-electron chi connectivity index (χ4n) is 13.5. The van der Waals surface area contributed by atoms with E-state index < -0.39 is 0 Å². The van der Waals surface area contributed by atoms with Crippen molar-refractivity contribution in [3.05, 3.63) is 328 Å². The summed E-state index contributed by atoms with van der Waals surface area (Å²) in [4.78, 5) is 4.76. The quantitative estimate of drug-likeness (QED) is 0.129. The Kier molecular flexibility index (Phi) is 12.2. The fraction of sp³-hybridized carbons (Fsp3) is 0. The van der Waals surface area contributed by atoms with Crippen molar-refractivity contribution >= 4 is 110 Å². The summed E-state index contributed by atoms with van der Waals surface area (Å²) in [5.74, 6) is 0. The molecule has 0 bridgehead atoms. The van der Waals surface area contributed by atoms with Gasteiger partial charge in [0, 0.05) is 66.3 Å². The summed E-state index contributed by atoms with van der Waals surface area (Å²) < 4.78 is 13.7. The van der Waals surface area contributed by atoms with Gasteiger partial charge in [0.05, 0.1) is 5.69 Å². The predicted molar refractivity (Wildman–Crippen MR) is 370 cm³/mol. The SMILES string of the molecule is c1ccc(-c2ccccc2N(c2cccc(-c3ccc4ccc5c(oc6cccc(-c7cccc(N(c8ccccc8)c8ccc(-c9cccc%10ccccc9%10)cc8)c7)c65)c4c3)c2)c2cccc(-c3cccc4oc5c6ccccc6ccc5c34)c2)cc1. The molecule has 4 nitrogen and oxygen atoms in total. The molecule has 2 heterocycles. The molecule has 15 aromatic carbocycles. The molecule has 4 heteroatoms. The summed E-state index contributed by atoms with van der Waals surface area (Å²) in [7, 11) is 0. The van der Waals surface area contributed by atoms with Crippen molar-refractivity contribution in [3.63, 3.8) is 0 Å². The van der Waals surface area contributed by atoms with Gasteiger partial charge in [-0.3, -0.25) is 0 Å². The van der Waals surface area contributed by atoms with Crippen molar-refractivity contribution < 1.29 is 8.83 Å². The first-order valence-electron chi connectivity index (χ1n) is 30.0. The lowest BCUT2D eigenvalue weighted by atomic mass is 9.96. The average Bonchev–Trinajstić information content (AvgIpc) is 1.86. The third-order valence-corrected chi connectivity index (χ3v) is 17.6. The molecule has 17 rings (SSSR count). The van der Waals surface area contributed by atoms with Crippen molar-refractivity contribution in [1.82, 2.24) is 0 Å². The van der Waals surface area contributed by atoms with Crippen LogP contribution in [0.25, 0.3) is 132 Å². The number of hydrogen-bond donors (Lipinski definition) is 0. The summed E-state index contributed by atoms with van der Waals surface area (Å²) in [5.41, 5.74) is 21.2. The van der Waals surface area contributed by atoms with Crippen LogP contribution in [0.2, 0.25) is 0 Å². The maximum atomic E-state index is 7.03. The van der Waals surface area contributed by atoms with E-state index in [0.717, 1.165) is 144 Å². The van der Waals surface area contributed by atoms with Crippen LogP contribution in [0, 0.1) is 0 Å². The first-order chi connectivity index (χ1) is 43.6. The van der Waals surface area contributed by atoms with Gasteiger partial charge in [-0.2, -0.15) is 0 Å². The van der Waals surface area contributed by atoms with Gasteiger partial charge in [0.2, 0.25) is 0 Å². The highest BCUT2D eigenvalue weighted by molar-refractivity contribution is 6.21. The second-order valence-corrected chi connectivity index (χ2v) is 22.7. The largest absolute Gasteiger partial charge is 0.455 e. The molecule has 0 aliphatic carbocycles. The topological polar surface area (TPSA) is 32.8 Å². The molecule has 0 radical (unpaired) electrons. The number of rotatable bonds is 11. The second kappa shape index (κ2) is 21.1. The van der Waals surface area contributed by atoms with E-state index in [4.69, 9.17) is 8.83 Å². The third-order valence-electron chi connectivity index (χ3n) is 17.6. The van der Waals surface area contributed by atoms with E-state index in [1.165, 1.54) is 21.9 Å². The van der Waals surface area contributed by atoms with Crippen LogP contribution in [0.15, 0.2) is 336 Å². The maximum Gasteiger partial charge on any atom is 0.143 e. The lowest BCUT2D eigenvalue weighted by Gasteiger charge is -2.29. The molecule has 412 valence electrons. The van der Waals surface area contributed by atoms with E-state index in [-0.39, 0.29) is 0 Å². The Morgan fingerprint density at radius 3 is 1.30 bits per heavy atom. The van der Waals surface area contributed by atoms with E-state index >= 15 is 0 Å². The molecule has 0 N–H and O–H groups in total. The van der Waals surface area contributed by atoms with Crippen LogP contribution in [0.3, 0.4) is 0 Å². The Morgan fingerprint density at radius 2 is 0.614 bits per heavy atom. The van der Waals surface area contributed by atoms with Crippen LogP contribution in [-0.4, -0.2) is 0 Å². The molecular weight excluding hydrogens is 1070 g/mol. The Balaban J connectivity index is 0.759. The Bertz CT molecular complexity index is 5520. The minimum Gasteiger partial charge on any atom is -0.455 e. The average molecular weight is 1120 g/mol. The number of hydrogen-bond acceptors (Lipinski definition) is 4. The highest BCUT2D eigenvalue weighted by atomic mass is 16.3. The molecule has 0 aliphatic heterocycles. The fourth-order valence-corrected chi connectivity index (χ4v) is 13.5. The molecule has 0 amide bonds. The van der Waals surface area contributed by atoms with Crippen LogP contribution in [-0.2, 0) is 0 Å². The lowest BCUT2D eigenvalue weighted by Crippen LogP contribution is -2.11. The summed E-state index contributed by atoms with van der Waals surface area (Å²) in [6, 6.07) is 118. The van der Waals surface area contributed by atoms with Crippen molar-refractivity contribution in [1.29, 1.82) is 0 Å². The van der Waals surface area contributed by atoms with Crippen molar-refractivity contribution in [2.75, 3.05) is 9.80 Å². The first kappa shape index (κ1) is 50.8. The van der Waals surface area contributed by atoms with Crippen LogP contribution < -0.4 is 9.80 Å². The molecule has 0 atom stereocenters. The molecule has 0 saturated carbocycles. The number of benzene rings is 15. The van der Waals surface area contributed by atoms with Gasteiger partial charge in [-0.05, 0) is 169 Å². The summed E-state index contributed by atoms with van der Waals surface area (Å²) in [6.07, 6.45) is 0. The Morgan fingerprint density at radius 1 is 0.205 bits per heavy atom. The lowest BCUT2D eigenvalue weighted by molar-refractivity contribution is 0.672. The maximum absolute atomic E-state index is 7.03. The van der Waals surface area contributed by atoms with Gasteiger partial charge in [-0.15, -0.1) is 0 Å². The normalized spacial score (nSPS) is 11.6. The van der Waals surface area contributed by atoms with E-state index in [0.29, 0.717) is 0 Å². The van der Waals surface area contributed by atoms with E-state index in [1.54, 1.807) is 0 Å². The van der Waals surface area contributed by atoms with Crippen molar-refractivity contribution in [2.45, 2.75) is 0 Å². The molecule has 0 aliphatic rings. The van der Waals surface area contributed by atoms with Crippen LogP contribution in [0.4, 0.5) is 34.1 Å². The summed E-state index contributed by atoms with van der Waals surface area (Å²) in [5, 5.41) is 11.3. The summed E-state index contributed by atoms with van der Waals surface area (Å²) >= 11 is 0. The van der Waals surface area contributed by atoms with Gasteiger partial charge >= 0.3 is 0 Å². The number of fused-ring (bicyclic) bond motifs is 11. The first-order valence-corrected chi connectivity index (χ1v) is 30.0. The van der Waals surface area contributed by atoms with Crippen LogP contribution in [0.5, 0.6) is 0 Å². The van der Waals surface area contributed by atoms with Gasteiger partial charge in [0.25, 0.3) is 0 Å². The van der Waals surface area contributed by atoms with Crippen molar-refractivity contribution in [2.24, 2.45) is 0 Å². The molecule has 17 aromatic rings. The van der Waals surface area contributed by atoms with Gasteiger partial charge < -0.3 is 18.6 Å². The molecule has 0 saturated heterocycles. The van der Waals surface area contributed by atoms with Gasteiger partial charge in [-0.25, -0.2) is 0 Å². The number of furan rings is 2. The Hall–Kier alpha value is -11.7. The molecule has 2 aromatic heterocycles. The number of anilines is 6. The number of para-hydroxylation sites is 2. The molecule has 88 heavy (non-hydrogen) atoms. The monoisotopic (exact) mass is 1120 g/mol. The molecular formula is C84H54N2O2. The van der Waals surface area contributed by atoms with Crippen LogP contribution >= 0.6 is 0 Å². The zero-order valence-electron chi connectivity index (χ0n) is 47.9. The zero-order valence-corrected chi connectivity index (χ0v) is 47.9. The standard InChI is InChI=1S/C84H54N2O2/c1-3-19-56(20-4-1)71-33-11-12-38-78(71)86(68-31-15-26-63(53-68)73-37-17-39-79-81(73)75-49-45-57-22-8-10-34-74(57)83(75)87-79)67-30-13-24-60(51-67)61-42-41-59-46-50-76-82-72(36-18-40-80(82)88-84(76)77(59)54-61)62-25-14-29-66(52-62)85(64-27-5-2-6-28-64)65-47-43-58(44-48-65)70-35-16-23-55-21-7-9-32-69(55)70/h1-54H. The van der Waals surface area contributed by atoms with Gasteiger partial charge in [0.1, 0.15) is 22.3 Å². The number of nitrogens with zero attached hydrogens (tertiary/aromatic N) is 2. The smallest absolute Gasteiger partial charge is 0.143 e. The van der Waals surface area contributed by atoms with E-state index in [9.17, 15) is 0 Å². The third kappa shape index (κ3) is 8.69. The van der Waals surface area contributed by atoms with Crippen LogP contribution in [0.1, 0.15) is 0 Å². The highest BCUT2D eigenvalue weighted by Crippen LogP contribution is 2.47. The van der Waals surface area contributed by atoms with Crippen molar-refractivity contribution in [3.8, 4) is 55.6 Å². The minimum absolute atomic E-state index is 0.849. The highest BCUT2D eigenvalue weighted by Gasteiger charge is 2.23. The zero-order chi connectivity index (χ0) is 58.1. The molecule has 0 fully saturated rings. The van der Waals surface area contributed by atoms with Gasteiger partial charge in [-0.1, -0.05) is 231 Å². The van der Waals surface area contributed by atoms with Gasteiger partial charge in [0.15, 0.2) is 0 Å². The predicted octanol–water partition coefficient (Wildman–Crippen LogP) is 24.2. The summed E-state index contributed by atoms with van der Waals surface area (Å²) in [6.45, 7) is 0.